The SMILES string of the molecule is CCc1[nH]nc(-c2cccs2)c1NC(=O)c1cc(F)cc(F)c1. The maximum absolute atomic E-state index is 13.3. The molecule has 0 aliphatic heterocycles. The number of hydrogen-bond acceptors (Lipinski definition) is 3. The summed E-state index contributed by atoms with van der Waals surface area (Å²) in [5, 5.41) is 11.7. The number of carbonyl (C=O) groups excluding carboxylic acids is 1. The fourth-order valence-corrected chi connectivity index (χ4v) is 2.95. The van der Waals surface area contributed by atoms with Crippen LogP contribution in [0.15, 0.2) is 35.7 Å². The van der Waals surface area contributed by atoms with E-state index < -0.39 is 17.5 Å². The lowest BCUT2D eigenvalue weighted by Gasteiger charge is -2.07. The molecule has 2 aromatic heterocycles. The number of thiophene rings is 1. The second-order valence-corrected chi connectivity index (χ2v) is 5.82. The summed E-state index contributed by atoms with van der Waals surface area (Å²) < 4.78 is 26.6. The molecule has 2 N–H and O–H groups in total. The van der Waals surface area contributed by atoms with E-state index in [4.69, 9.17) is 0 Å². The number of hydrogen-bond donors (Lipinski definition) is 2. The van der Waals surface area contributed by atoms with Crippen molar-refractivity contribution in [2.45, 2.75) is 13.3 Å². The third-order valence-electron chi connectivity index (χ3n) is 3.31. The Labute approximate surface area is 135 Å². The number of anilines is 1. The van der Waals surface area contributed by atoms with Crippen LogP contribution in [-0.4, -0.2) is 16.1 Å². The van der Waals surface area contributed by atoms with Crippen LogP contribution in [0, 0.1) is 11.6 Å². The molecule has 0 atom stereocenters. The molecule has 23 heavy (non-hydrogen) atoms. The molecule has 0 radical (unpaired) electrons. The second-order valence-electron chi connectivity index (χ2n) is 4.87. The average Bonchev–Trinajstić information content (AvgIpc) is 3.14. The number of nitrogens with zero attached hydrogens (tertiary/aromatic N) is 1. The lowest BCUT2D eigenvalue weighted by molar-refractivity contribution is 0.102. The van der Waals surface area contributed by atoms with Crippen LogP contribution in [-0.2, 0) is 6.42 Å². The number of aromatic nitrogens is 2. The maximum atomic E-state index is 13.3. The molecule has 1 amide bonds. The normalized spacial score (nSPS) is 10.7. The van der Waals surface area contributed by atoms with E-state index in [9.17, 15) is 13.6 Å². The first-order valence-electron chi connectivity index (χ1n) is 6.97. The van der Waals surface area contributed by atoms with Crippen LogP contribution in [0.4, 0.5) is 14.5 Å². The van der Waals surface area contributed by atoms with E-state index in [0.29, 0.717) is 17.8 Å². The van der Waals surface area contributed by atoms with Gasteiger partial charge in [-0.25, -0.2) is 8.78 Å². The van der Waals surface area contributed by atoms with E-state index in [0.717, 1.165) is 28.8 Å². The van der Waals surface area contributed by atoms with Crippen LogP contribution < -0.4 is 5.32 Å². The molecule has 3 aromatic rings. The van der Waals surface area contributed by atoms with Crippen LogP contribution in [0.1, 0.15) is 23.0 Å². The molecule has 0 unspecified atom stereocenters. The first-order valence-corrected chi connectivity index (χ1v) is 7.85. The van der Waals surface area contributed by atoms with E-state index in [2.05, 4.69) is 15.5 Å². The Morgan fingerprint density at radius 1 is 1.30 bits per heavy atom. The zero-order valence-electron chi connectivity index (χ0n) is 12.2. The number of aromatic amines is 1. The number of rotatable bonds is 4. The Kier molecular flexibility index (Phi) is 4.20. The Morgan fingerprint density at radius 3 is 2.65 bits per heavy atom. The average molecular weight is 333 g/mol. The summed E-state index contributed by atoms with van der Waals surface area (Å²) in [6.07, 6.45) is 0.630. The number of nitrogens with one attached hydrogen (secondary N) is 2. The van der Waals surface area contributed by atoms with Crippen molar-refractivity contribution in [1.82, 2.24) is 10.2 Å². The topological polar surface area (TPSA) is 57.8 Å². The minimum absolute atomic E-state index is 0.0807. The predicted molar refractivity (Wildman–Crippen MR) is 85.6 cm³/mol. The number of amides is 1. The summed E-state index contributed by atoms with van der Waals surface area (Å²) in [4.78, 5) is 13.2. The number of halogens is 2. The zero-order chi connectivity index (χ0) is 16.4. The highest BCUT2D eigenvalue weighted by atomic mass is 32.1. The Balaban J connectivity index is 1.96. The molecule has 4 nitrogen and oxygen atoms in total. The van der Waals surface area contributed by atoms with Gasteiger partial charge in [0, 0.05) is 11.6 Å². The molecule has 0 aliphatic carbocycles. The minimum atomic E-state index is -0.795. The number of benzene rings is 1. The molecule has 3 rings (SSSR count). The van der Waals surface area contributed by atoms with Gasteiger partial charge in [0.25, 0.3) is 5.91 Å². The van der Waals surface area contributed by atoms with E-state index in [1.165, 1.54) is 11.3 Å². The third kappa shape index (κ3) is 3.14. The Hall–Kier alpha value is -2.54. The summed E-state index contributed by atoms with van der Waals surface area (Å²) in [6.45, 7) is 1.92. The molecule has 0 saturated heterocycles. The fraction of sp³-hybridized carbons (Fsp3) is 0.125. The largest absolute Gasteiger partial charge is 0.319 e. The first kappa shape index (κ1) is 15.4. The first-order chi connectivity index (χ1) is 11.1. The van der Waals surface area contributed by atoms with Gasteiger partial charge in [-0.1, -0.05) is 13.0 Å². The van der Waals surface area contributed by atoms with E-state index in [-0.39, 0.29) is 5.56 Å². The quantitative estimate of drug-likeness (QED) is 0.750. The number of aryl methyl sites for hydroxylation is 1. The standard InChI is InChI=1S/C16H13F2N3OS/c1-2-12-14(15(21-20-12)13-4-3-5-23-13)19-16(22)9-6-10(17)8-11(18)7-9/h3-8H,2H2,1H3,(H,19,22)(H,20,21). The molecular weight excluding hydrogens is 320 g/mol. The minimum Gasteiger partial charge on any atom is -0.319 e. The molecule has 7 heteroatoms. The van der Waals surface area contributed by atoms with Crippen LogP contribution in [0.25, 0.3) is 10.6 Å². The van der Waals surface area contributed by atoms with Gasteiger partial charge < -0.3 is 5.32 Å². The molecule has 0 bridgehead atoms. The fourth-order valence-electron chi connectivity index (χ4n) is 2.23. The maximum Gasteiger partial charge on any atom is 0.255 e. The van der Waals surface area contributed by atoms with Crippen molar-refractivity contribution >= 4 is 22.9 Å². The third-order valence-corrected chi connectivity index (χ3v) is 4.19. The van der Waals surface area contributed by atoms with Gasteiger partial charge in [-0.15, -0.1) is 11.3 Å². The van der Waals surface area contributed by atoms with Crippen LogP contribution in [0.5, 0.6) is 0 Å². The van der Waals surface area contributed by atoms with E-state index in [1.807, 2.05) is 24.4 Å². The summed E-state index contributed by atoms with van der Waals surface area (Å²) >= 11 is 1.49. The van der Waals surface area contributed by atoms with Crippen molar-refractivity contribution < 1.29 is 13.6 Å². The molecule has 2 heterocycles. The Bertz CT molecular complexity index is 823. The lowest BCUT2D eigenvalue weighted by Crippen LogP contribution is -2.14. The molecule has 0 saturated carbocycles. The summed E-state index contributed by atoms with van der Waals surface area (Å²) in [5.74, 6) is -2.18. The van der Waals surface area contributed by atoms with Crippen LogP contribution in [0.3, 0.4) is 0 Å². The van der Waals surface area contributed by atoms with Gasteiger partial charge in [0.1, 0.15) is 17.3 Å². The number of carbonyl (C=O) groups is 1. The van der Waals surface area contributed by atoms with Crippen molar-refractivity contribution in [2.75, 3.05) is 5.32 Å². The number of H-pyrrole nitrogens is 1. The zero-order valence-corrected chi connectivity index (χ0v) is 13.0. The highest BCUT2D eigenvalue weighted by molar-refractivity contribution is 7.13. The van der Waals surface area contributed by atoms with Gasteiger partial charge in [-0.3, -0.25) is 9.89 Å². The summed E-state index contributed by atoms with van der Waals surface area (Å²) in [7, 11) is 0. The van der Waals surface area contributed by atoms with Crippen LogP contribution in [0.2, 0.25) is 0 Å². The van der Waals surface area contributed by atoms with E-state index in [1.54, 1.807) is 0 Å². The molecular formula is C16H13F2N3OS. The second kappa shape index (κ2) is 6.29. The van der Waals surface area contributed by atoms with Crippen molar-refractivity contribution in [3.05, 3.63) is 58.6 Å². The van der Waals surface area contributed by atoms with Crippen LogP contribution >= 0.6 is 11.3 Å². The van der Waals surface area contributed by atoms with Crippen molar-refractivity contribution in [3.8, 4) is 10.6 Å². The molecule has 0 aliphatic rings. The van der Waals surface area contributed by atoms with Crippen molar-refractivity contribution in [2.24, 2.45) is 0 Å². The lowest BCUT2D eigenvalue weighted by atomic mass is 10.1. The molecule has 118 valence electrons. The molecule has 1 aromatic carbocycles. The summed E-state index contributed by atoms with van der Waals surface area (Å²) in [6, 6.07) is 6.48. The van der Waals surface area contributed by atoms with Gasteiger partial charge in [-0.2, -0.15) is 5.10 Å². The Morgan fingerprint density at radius 2 is 2.04 bits per heavy atom. The van der Waals surface area contributed by atoms with Crippen molar-refractivity contribution in [3.63, 3.8) is 0 Å². The van der Waals surface area contributed by atoms with E-state index >= 15 is 0 Å². The monoisotopic (exact) mass is 333 g/mol. The highest BCUT2D eigenvalue weighted by Gasteiger charge is 2.18. The van der Waals surface area contributed by atoms with Gasteiger partial charge in [0.05, 0.1) is 16.3 Å². The van der Waals surface area contributed by atoms with Gasteiger partial charge in [0.15, 0.2) is 0 Å². The van der Waals surface area contributed by atoms with Gasteiger partial charge in [-0.05, 0) is 30.0 Å². The molecule has 0 fully saturated rings. The predicted octanol–water partition coefficient (Wildman–Crippen LogP) is 4.23. The van der Waals surface area contributed by atoms with Gasteiger partial charge >= 0.3 is 0 Å². The van der Waals surface area contributed by atoms with Gasteiger partial charge in [0.2, 0.25) is 0 Å². The highest BCUT2D eigenvalue weighted by Crippen LogP contribution is 2.32. The summed E-state index contributed by atoms with van der Waals surface area (Å²) in [5.41, 5.74) is 1.81. The van der Waals surface area contributed by atoms with Crippen molar-refractivity contribution in [1.29, 1.82) is 0 Å². The molecule has 0 spiro atoms. The smallest absolute Gasteiger partial charge is 0.255 e.